The maximum Gasteiger partial charge on any atom is 0.253 e. The second kappa shape index (κ2) is 9.11. The molecule has 0 aromatic heterocycles. The standard InChI is InChI=1S/C24H27F2N5OS2/c1-28-23-12-18(5-6-22(23)31(34(28)32)16-20-13-24(20,25)26)21-11-17(3-4-19(21)14-27)15-29-7-9-30(33-2)10-8-29/h3-6,11-12,20H,7-10,13,15-16H2,1-2H3. The van der Waals surface area contributed by atoms with Crippen molar-refractivity contribution in [3.05, 3.63) is 47.5 Å². The Balaban J connectivity index is 1.40. The summed E-state index contributed by atoms with van der Waals surface area (Å²) in [5.74, 6) is -3.41. The minimum absolute atomic E-state index is 0.0685. The van der Waals surface area contributed by atoms with Gasteiger partial charge >= 0.3 is 0 Å². The first-order chi connectivity index (χ1) is 16.3. The second-order valence-corrected chi connectivity index (χ2v) is 11.4. The molecule has 1 saturated carbocycles. The van der Waals surface area contributed by atoms with Crippen LogP contribution in [-0.4, -0.2) is 65.4 Å². The number of fused-ring (bicyclic) bond motifs is 1. The summed E-state index contributed by atoms with van der Waals surface area (Å²) in [7, 11) is 1.71. The molecule has 1 saturated heterocycles. The van der Waals surface area contributed by atoms with Crippen LogP contribution in [0.15, 0.2) is 36.4 Å². The number of alkyl halides is 2. The van der Waals surface area contributed by atoms with E-state index >= 15 is 0 Å². The van der Waals surface area contributed by atoms with Crippen molar-refractivity contribution in [2.75, 3.05) is 54.6 Å². The van der Waals surface area contributed by atoms with Crippen molar-refractivity contribution in [2.45, 2.75) is 18.9 Å². The zero-order chi connectivity index (χ0) is 24.0. The van der Waals surface area contributed by atoms with Crippen molar-refractivity contribution < 1.29 is 13.0 Å². The molecule has 34 heavy (non-hydrogen) atoms. The molecule has 3 aliphatic rings. The molecule has 0 N–H and O–H groups in total. The van der Waals surface area contributed by atoms with Gasteiger partial charge in [-0.15, -0.1) is 0 Å². The number of nitriles is 1. The topological polar surface area (TPSA) is 53.8 Å². The van der Waals surface area contributed by atoms with Gasteiger partial charge in [0.15, 0.2) is 0 Å². The predicted octanol–water partition coefficient (Wildman–Crippen LogP) is 4.11. The lowest BCUT2D eigenvalue weighted by Gasteiger charge is -2.33. The second-order valence-electron chi connectivity index (χ2n) is 9.03. The van der Waals surface area contributed by atoms with E-state index in [1.165, 1.54) is 0 Å². The van der Waals surface area contributed by atoms with Crippen LogP contribution in [0.25, 0.3) is 11.1 Å². The average Bonchev–Trinajstić information content (AvgIpc) is 3.39. The monoisotopic (exact) mass is 503 g/mol. The van der Waals surface area contributed by atoms with Crippen molar-refractivity contribution in [2.24, 2.45) is 5.92 Å². The van der Waals surface area contributed by atoms with Gasteiger partial charge in [0.1, 0.15) is 0 Å². The summed E-state index contributed by atoms with van der Waals surface area (Å²) in [5.41, 5.74) is 4.81. The van der Waals surface area contributed by atoms with Gasteiger partial charge in [0.2, 0.25) is 11.2 Å². The van der Waals surface area contributed by atoms with E-state index < -0.39 is 23.0 Å². The highest BCUT2D eigenvalue weighted by Crippen LogP contribution is 2.51. The van der Waals surface area contributed by atoms with Crippen molar-refractivity contribution in [3.63, 3.8) is 0 Å². The summed E-state index contributed by atoms with van der Waals surface area (Å²) in [6.45, 7) is 4.95. The minimum Gasteiger partial charge on any atom is -0.296 e. The lowest BCUT2D eigenvalue weighted by atomic mass is 9.96. The van der Waals surface area contributed by atoms with Gasteiger partial charge in [-0.2, -0.15) is 5.26 Å². The Bertz CT molecular complexity index is 1160. The van der Waals surface area contributed by atoms with Gasteiger partial charge in [0, 0.05) is 58.7 Å². The van der Waals surface area contributed by atoms with Crippen LogP contribution in [0.4, 0.5) is 20.2 Å². The molecule has 2 aromatic carbocycles. The Hall–Kier alpha value is -2.19. The van der Waals surface area contributed by atoms with Gasteiger partial charge in [-0.25, -0.2) is 17.3 Å². The van der Waals surface area contributed by atoms with E-state index in [2.05, 4.69) is 27.6 Å². The molecule has 0 amide bonds. The van der Waals surface area contributed by atoms with Crippen LogP contribution in [0.5, 0.6) is 0 Å². The van der Waals surface area contributed by atoms with Crippen LogP contribution in [0.3, 0.4) is 0 Å². The Morgan fingerprint density at radius 1 is 1.15 bits per heavy atom. The fraction of sp³-hybridized carbons (Fsp3) is 0.458. The van der Waals surface area contributed by atoms with E-state index in [4.69, 9.17) is 0 Å². The molecule has 0 radical (unpaired) electrons. The Morgan fingerprint density at radius 3 is 2.53 bits per heavy atom. The Labute approximate surface area is 206 Å². The molecular weight excluding hydrogens is 476 g/mol. The van der Waals surface area contributed by atoms with E-state index in [1.807, 2.05) is 30.3 Å². The van der Waals surface area contributed by atoms with Crippen molar-refractivity contribution in [1.29, 1.82) is 5.26 Å². The molecule has 2 heterocycles. The van der Waals surface area contributed by atoms with Crippen molar-refractivity contribution >= 4 is 34.5 Å². The zero-order valence-electron chi connectivity index (χ0n) is 19.2. The van der Waals surface area contributed by atoms with Gasteiger partial charge in [0.05, 0.1) is 23.0 Å². The van der Waals surface area contributed by atoms with E-state index in [-0.39, 0.29) is 13.0 Å². The molecule has 2 atom stereocenters. The van der Waals surface area contributed by atoms with Gasteiger partial charge in [0.25, 0.3) is 5.92 Å². The van der Waals surface area contributed by atoms with E-state index in [0.29, 0.717) is 11.3 Å². The SMILES string of the molecule is CSN1CCN(Cc2ccc(C#N)c(-c3ccc4c(c3)N(C)S(=O)N4CC3CC3(F)F)c2)CC1. The molecule has 6 nitrogen and oxygen atoms in total. The number of piperazine rings is 1. The fourth-order valence-electron chi connectivity index (χ4n) is 4.65. The molecule has 10 heteroatoms. The summed E-state index contributed by atoms with van der Waals surface area (Å²) in [4.78, 5) is 2.42. The summed E-state index contributed by atoms with van der Waals surface area (Å²) in [6.07, 6.45) is 1.95. The quantitative estimate of drug-likeness (QED) is 0.556. The molecule has 5 rings (SSSR count). The van der Waals surface area contributed by atoms with Crippen LogP contribution >= 0.6 is 11.9 Å². The molecule has 0 bridgehead atoms. The van der Waals surface area contributed by atoms with Crippen LogP contribution in [0, 0.1) is 17.2 Å². The number of anilines is 2. The van der Waals surface area contributed by atoms with Crippen LogP contribution in [0.1, 0.15) is 17.5 Å². The first kappa shape index (κ1) is 23.5. The molecule has 2 unspecified atom stereocenters. The van der Waals surface area contributed by atoms with Crippen molar-refractivity contribution in [3.8, 4) is 17.2 Å². The first-order valence-electron chi connectivity index (χ1n) is 11.3. The average molecular weight is 504 g/mol. The maximum absolute atomic E-state index is 13.5. The third kappa shape index (κ3) is 4.42. The van der Waals surface area contributed by atoms with Crippen LogP contribution in [-0.2, 0) is 17.7 Å². The van der Waals surface area contributed by atoms with E-state index in [0.717, 1.165) is 55.1 Å². The largest absolute Gasteiger partial charge is 0.296 e. The van der Waals surface area contributed by atoms with Crippen LogP contribution < -0.4 is 8.61 Å². The molecule has 180 valence electrons. The number of nitrogens with zero attached hydrogens (tertiary/aromatic N) is 5. The minimum atomic E-state index is -2.66. The molecule has 2 aliphatic heterocycles. The first-order valence-corrected chi connectivity index (χ1v) is 13.5. The molecule has 2 aromatic rings. The molecule has 1 aliphatic carbocycles. The lowest BCUT2D eigenvalue weighted by molar-refractivity contribution is 0.101. The Kier molecular flexibility index (Phi) is 6.31. The van der Waals surface area contributed by atoms with Gasteiger partial charge in [-0.3, -0.25) is 13.5 Å². The number of hydrogen-bond acceptors (Lipinski definition) is 5. The fourth-order valence-corrected chi connectivity index (χ4v) is 6.42. The summed E-state index contributed by atoms with van der Waals surface area (Å²) in [6, 6.07) is 13.9. The van der Waals surface area contributed by atoms with Gasteiger partial charge in [-0.1, -0.05) is 24.1 Å². The van der Waals surface area contributed by atoms with Crippen molar-refractivity contribution in [1.82, 2.24) is 9.21 Å². The lowest BCUT2D eigenvalue weighted by Crippen LogP contribution is -2.42. The number of benzene rings is 2. The molecule has 2 fully saturated rings. The summed E-state index contributed by atoms with van der Waals surface area (Å²) in [5, 5.41) is 9.73. The maximum atomic E-state index is 13.5. The van der Waals surface area contributed by atoms with E-state index in [9.17, 15) is 18.3 Å². The Morgan fingerprint density at radius 2 is 1.88 bits per heavy atom. The molecular formula is C24H27F2N5OS2. The third-order valence-corrected chi connectivity index (χ3v) is 9.13. The normalized spacial score (nSPS) is 24.2. The smallest absolute Gasteiger partial charge is 0.253 e. The van der Waals surface area contributed by atoms with Crippen LogP contribution in [0.2, 0.25) is 0 Å². The highest BCUT2D eigenvalue weighted by molar-refractivity contribution is 7.96. The summed E-state index contributed by atoms with van der Waals surface area (Å²) >= 11 is 0.235. The third-order valence-electron chi connectivity index (χ3n) is 6.86. The van der Waals surface area contributed by atoms with E-state index in [1.54, 1.807) is 27.6 Å². The predicted molar refractivity (Wildman–Crippen MR) is 134 cm³/mol. The summed E-state index contributed by atoms with van der Waals surface area (Å²) < 4.78 is 45.4. The highest BCUT2D eigenvalue weighted by Gasteiger charge is 2.58. The molecule has 0 spiro atoms. The number of rotatable bonds is 6. The zero-order valence-corrected chi connectivity index (χ0v) is 20.8. The highest BCUT2D eigenvalue weighted by atomic mass is 32.2. The number of halogens is 2. The number of hydrogen-bond donors (Lipinski definition) is 0. The van der Waals surface area contributed by atoms with Gasteiger partial charge in [-0.05, 0) is 47.2 Å². The van der Waals surface area contributed by atoms with Gasteiger partial charge < -0.3 is 0 Å².